The number of hydrogen-bond acceptors (Lipinski definition) is 4. The molecule has 2 rings (SSSR count). The van der Waals surface area contributed by atoms with E-state index in [0.29, 0.717) is 19.0 Å². The molecule has 0 radical (unpaired) electrons. The summed E-state index contributed by atoms with van der Waals surface area (Å²) in [6.07, 6.45) is 5.15. The minimum absolute atomic E-state index is 0.00442. The molecule has 2 fully saturated rings. The molecule has 1 unspecified atom stereocenters. The molecule has 0 spiro atoms. The van der Waals surface area contributed by atoms with Crippen LogP contribution in [0.4, 0.5) is 0 Å². The van der Waals surface area contributed by atoms with Crippen molar-refractivity contribution in [1.29, 1.82) is 0 Å². The van der Waals surface area contributed by atoms with Gasteiger partial charge in [-0.05, 0) is 39.0 Å². The minimum Gasteiger partial charge on any atom is -0.469 e. The Hall–Kier alpha value is -1.79. The maximum absolute atomic E-state index is 12.0. The van der Waals surface area contributed by atoms with Gasteiger partial charge in [0.2, 0.25) is 5.91 Å². The number of hydrogen-bond donors (Lipinski definition) is 1. The third-order valence-corrected chi connectivity index (χ3v) is 5.41. The molecule has 148 valence electrons. The molecule has 0 aliphatic carbocycles. The van der Waals surface area contributed by atoms with Crippen LogP contribution in [0, 0.1) is 5.92 Å². The van der Waals surface area contributed by atoms with Gasteiger partial charge in [0.1, 0.15) is 0 Å². The average Bonchev–Trinajstić information content (AvgIpc) is 3.09. The molecular formula is C19H34N4O3. The van der Waals surface area contributed by atoms with E-state index in [-0.39, 0.29) is 17.8 Å². The van der Waals surface area contributed by atoms with Gasteiger partial charge in [0, 0.05) is 45.2 Å². The van der Waals surface area contributed by atoms with Crippen molar-refractivity contribution in [3.05, 3.63) is 0 Å². The molecule has 2 aliphatic rings. The number of nitrogens with zero attached hydrogens (tertiary/aromatic N) is 3. The minimum atomic E-state index is -0.104. The highest BCUT2D eigenvalue weighted by atomic mass is 16.5. The summed E-state index contributed by atoms with van der Waals surface area (Å²) in [6, 6.07) is 0.293. The molecule has 0 aromatic carbocycles. The molecule has 0 bridgehead atoms. The van der Waals surface area contributed by atoms with E-state index in [1.54, 1.807) is 0 Å². The zero-order valence-corrected chi connectivity index (χ0v) is 16.5. The molecule has 2 heterocycles. The van der Waals surface area contributed by atoms with E-state index in [0.717, 1.165) is 64.2 Å². The standard InChI is InChI=1S/C19H34N4O3/c1-4-16(23-12-6-7-17(23)24)8-11-21-19(20-5-2)22-13-9-15(10-14-22)18(25)26-3/h15-16H,4-14H2,1-3H3,(H,20,21). The number of carbonyl (C=O) groups excluding carboxylic acids is 2. The summed E-state index contributed by atoms with van der Waals surface area (Å²) < 4.78 is 4.86. The number of esters is 1. The predicted molar refractivity (Wildman–Crippen MR) is 102 cm³/mol. The first kappa shape index (κ1) is 20.5. The second kappa shape index (κ2) is 10.4. The number of methoxy groups -OCH3 is 1. The Kier molecular flexibility index (Phi) is 8.19. The van der Waals surface area contributed by atoms with Gasteiger partial charge < -0.3 is 19.9 Å². The summed E-state index contributed by atoms with van der Waals surface area (Å²) in [5, 5.41) is 3.36. The fourth-order valence-corrected chi connectivity index (χ4v) is 3.87. The van der Waals surface area contributed by atoms with Crippen LogP contribution in [0.2, 0.25) is 0 Å². The molecule has 26 heavy (non-hydrogen) atoms. The first-order valence-electron chi connectivity index (χ1n) is 10.0. The van der Waals surface area contributed by atoms with Crippen LogP contribution in [0.15, 0.2) is 4.99 Å². The number of aliphatic imine (C=N–C) groups is 1. The number of carbonyl (C=O) groups is 2. The van der Waals surface area contributed by atoms with Crippen molar-refractivity contribution in [1.82, 2.24) is 15.1 Å². The highest BCUT2D eigenvalue weighted by molar-refractivity contribution is 5.80. The molecule has 1 N–H and O–H groups in total. The Morgan fingerprint density at radius 1 is 1.31 bits per heavy atom. The number of rotatable bonds is 7. The number of likely N-dealkylation sites (tertiary alicyclic amines) is 2. The van der Waals surface area contributed by atoms with E-state index in [1.165, 1.54) is 7.11 Å². The van der Waals surface area contributed by atoms with Crippen LogP contribution in [0.3, 0.4) is 0 Å². The van der Waals surface area contributed by atoms with E-state index >= 15 is 0 Å². The van der Waals surface area contributed by atoms with Crippen LogP contribution in [0.1, 0.15) is 52.4 Å². The summed E-state index contributed by atoms with van der Waals surface area (Å²) in [4.78, 5) is 32.7. The van der Waals surface area contributed by atoms with E-state index in [4.69, 9.17) is 9.73 Å². The lowest BCUT2D eigenvalue weighted by molar-refractivity contribution is -0.146. The number of amides is 1. The van der Waals surface area contributed by atoms with Gasteiger partial charge in [-0.1, -0.05) is 6.92 Å². The van der Waals surface area contributed by atoms with Gasteiger partial charge in [0.05, 0.1) is 13.0 Å². The Morgan fingerprint density at radius 3 is 2.58 bits per heavy atom. The van der Waals surface area contributed by atoms with Crippen LogP contribution in [0.25, 0.3) is 0 Å². The monoisotopic (exact) mass is 366 g/mol. The van der Waals surface area contributed by atoms with Gasteiger partial charge in [0.25, 0.3) is 0 Å². The van der Waals surface area contributed by atoms with Crippen molar-refractivity contribution in [2.45, 2.75) is 58.4 Å². The number of piperidine rings is 1. The molecule has 2 saturated heterocycles. The fourth-order valence-electron chi connectivity index (χ4n) is 3.87. The van der Waals surface area contributed by atoms with Crippen molar-refractivity contribution in [3.63, 3.8) is 0 Å². The largest absolute Gasteiger partial charge is 0.469 e. The third-order valence-electron chi connectivity index (χ3n) is 5.41. The first-order valence-corrected chi connectivity index (χ1v) is 10.0. The number of ether oxygens (including phenoxy) is 1. The quantitative estimate of drug-likeness (QED) is 0.421. The molecule has 0 aromatic heterocycles. The van der Waals surface area contributed by atoms with Gasteiger partial charge in [-0.25, -0.2) is 0 Å². The first-order chi connectivity index (χ1) is 12.6. The smallest absolute Gasteiger partial charge is 0.308 e. The zero-order valence-electron chi connectivity index (χ0n) is 16.5. The summed E-state index contributed by atoms with van der Waals surface area (Å²) in [7, 11) is 1.45. The van der Waals surface area contributed by atoms with Gasteiger partial charge in [0.15, 0.2) is 5.96 Å². The Labute approximate surface area is 157 Å². The lowest BCUT2D eigenvalue weighted by atomic mass is 9.97. The molecule has 1 atom stereocenters. The Bertz CT molecular complexity index is 501. The lowest BCUT2D eigenvalue weighted by Crippen LogP contribution is -2.47. The molecular weight excluding hydrogens is 332 g/mol. The topological polar surface area (TPSA) is 74.2 Å². The van der Waals surface area contributed by atoms with Gasteiger partial charge >= 0.3 is 5.97 Å². The maximum Gasteiger partial charge on any atom is 0.308 e. The van der Waals surface area contributed by atoms with Crippen LogP contribution in [-0.2, 0) is 14.3 Å². The number of guanidine groups is 1. The molecule has 7 heteroatoms. The van der Waals surface area contributed by atoms with Gasteiger partial charge in [-0.15, -0.1) is 0 Å². The molecule has 1 amide bonds. The van der Waals surface area contributed by atoms with Crippen molar-refractivity contribution >= 4 is 17.8 Å². The highest BCUT2D eigenvalue weighted by Gasteiger charge is 2.28. The summed E-state index contributed by atoms with van der Waals surface area (Å²) >= 11 is 0. The zero-order chi connectivity index (χ0) is 18.9. The van der Waals surface area contributed by atoms with E-state index < -0.39 is 0 Å². The van der Waals surface area contributed by atoms with Crippen LogP contribution in [-0.4, -0.2) is 73.5 Å². The van der Waals surface area contributed by atoms with Crippen molar-refractivity contribution < 1.29 is 14.3 Å². The van der Waals surface area contributed by atoms with Crippen molar-refractivity contribution in [2.75, 3.05) is 39.8 Å². The van der Waals surface area contributed by atoms with Crippen LogP contribution >= 0.6 is 0 Å². The Balaban J connectivity index is 1.88. The highest BCUT2D eigenvalue weighted by Crippen LogP contribution is 2.20. The second-order valence-corrected chi connectivity index (χ2v) is 7.06. The molecule has 2 aliphatic heterocycles. The van der Waals surface area contributed by atoms with Gasteiger partial charge in [-0.2, -0.15) is 0 Å². The normalized spacial score (nSPS) is 20.4. The van der Waals surface area contributed by atoms with Gasteiger partial charge in [-0.3, -0.25) is 14.6 Å². The lowest BCUT2D eigenvalue weighted by Gasteiger charge is -2.33. The second-order valence-electron chi connectivity index (χ2n) is 7.06. The van der Waals surface area contributed by atoms with E-state index in [1.807, 2.05) is 4.90 Å². The fraction of sp³-hybridized carbons (Fsp3) is 0.842. The van der Waals surface area contributed by atoms with Crippen LogP contribution < -0.4 is 5.32 Å². The third kappa shape index (κ3) is 5.35. The molecule has 7 nitrogen and oxygen atoms in total. The number of nitrogens with one attached hydrogen (secondary N) is 1. The average molecular weight is 367 g/mol. The molecule has 0 aromatic rings. The molecule has 0 saturated carbocycles. The summed E-state index contributed by atoms with van der Waals surface area (Å²) in [5.41, 5.74) is 0. The summed E-state index contributed by atoms with van der Waals surface area (Å²) in [6.45, 7) is 8.25. The summed E-state index contributed by atoms with van der Waals surface area (Å²) in [5.74, 6) is 1.11. The predicted octanol–water partition coefficient (Wildman–Crippen LogP) is 1.63. The van der Waals surface area contributed by atoms with Crippen molar-refractivity contribution in [3.8, 4) is 0 Å². The van der Waals surface area contributed by atoms with Crippen molar-refractivity contribution in [2.24, 2.45) is 10.9 Å². The van der Waals surface area contributed by atoms with Crippen LogP contribution in [0.5, 0.6) is 0 Å². The van der Waals surface area contributed by atoms with E-state index in [9.17, 15) is 9.59 Å². The Morgan fingerprint density at radius 2 is 2.04 bits per heavy atom. The van der Waals surface area contributed by atoms with E-state index in [2.05, 4.69) is 24.1 Å². The maximum atomic E-state index is 12.0. The SMILES string of the molecule is CCNC(=NCCC(CC)N1CCCC1=O)N1CCC(C(=O)OC)CC1.